The molecule has 0 saturated carbocycles. The highest BCUT2D eigenvalue weighted by Crippen LogP contribution is 2.23. The number of benzene rings is 1. The third-order valence-corrected chi connectivity index (χ3v) is 5.47. The molecule has 2 amide bonds. The Hall–Kier alpha value is -3.36. The van der Waals surface area contributed by atoms with Crippen molar-refractivity contribution in [3.63, 3.8) is 0 Å². The summed E-state index contributed by atoms with van der Waals surface area (Å²) in [5, 5.41) is 2.96. The van der Waals surface area contributed by atoms with E-state index >= 15 is 0 Å². The molecular weight excluding hydrogens is 370 g/mol. The van der Waals surface area contributed by atoms with E-state index in [0.29, 0.717) is 43.8 Å². The molecule has 1 aromatic carbocycles. The van der Waals surface area contributed by atoms with Gasteiger partial charge in [0.15, 0.2) is 6.29 Å². The highest BCUT2D eigenvalue weighted by molar-refractivity contribution is 5.90. The number of aldehydes is 1. The Balaban J connectivity index is 1.33. The average molecular weight is 395 g/mol. The van der Waals surface area contributed by atoms with Gasteiger partial charge in [-0.25, -0.2) is 14.8 Å². The van der Waals surface area contributed by atoms with Crippen LogP contribution >= 0.6 is 0 Å². The molecule has 152 valence electrons. The highest BCUT2D eigenvalue weighted by Gasteiger charge is 2.24. The predicted octanol–water partition coefficient (Wildman–Crippen LogP) is 1.83. The van der Waals surface area contributed by atoms with Crippen LogP contribution in [0.15, 0.2) is 30.6 Å². The van der Waals surface area contributed by atoms with Gasteiger partial charge in [-0.3, -0.25) is 4.79 Å². The molecule has 0 atom stereocenters. The summed E-state index contributed by atoms with van der Waals surface area (Å²) in [5.41, 5.74) is 8.04. The van der Waals surface area contributed by atoms with Gasteiger partial charge in [0.1, 0.15) is 18.0 Å². The van der Waals surface area contributed by atoms with E-state index in [1.807, 2.05) is 17.0 Å². The molecule has 9 heteroatoms. The van der Waals surface area contributed by atoms with Crippen LogP contribution in [0, 0.1) is 0 Å². The third-order valence-electron chi connectivity index (χ3n) is 5.47. The normalized spacial score (nSPS) is 16.8. The Bertz CT molecular complexity index is 873. The van der Waals surface area contributed by atoms with Crippen molar-refractivity contribution in [1.82, 2.24) is 14.9 Å². The van der Waals surface area contributed by atoms with Crippen LogP contribution in [0.25, 0.3) is 0 Å². The van der Waals surface area contributed by atoms with Crippen molar-refractivity contribution in [2.75, 3.05) is 60.1 Å². The number of nitrogens with one attached hydrogen (secondary N) is 1. The van der Waals surface area contributed by atoms with Crippen molar-refractivity contribution >= 4 is 35.3 Å². The average Bonchev–Trinajstić information content (AvgIpc) is 3.29. The lowest BCUT2D eigenvalue weighted by Crippen LogP contribution is -2.50. The van der Waals surface area contributed by atoms with Gasteiger partial charge >= 0.3 is 6.03 Å². The summed E-state index contributed by atoms with van der Waals surface area (Å²) in [4.78, 5) is 38.0. The van der Waals surface area contributed by atoms with E-state index in [-0.39, 0.29) is 11.8 Å². The summed E-state index contributed by atoms with van der Waals surface area (Å²) >= 11 is 0. The monoisotopic (exact) mass is 395 g/mol. The Morgan fingerprint density at radius 1 is 0.966 bits per heavy atom. The van der Waals surface area contributed by atoms with Gasteiger partial charge < -0.3 is 25.8 Å². The summed E-state index contributed by atoms with van der Waals surface area (Å²) in [6, 6.07) is 7.87. The van der Waals surface area contributed by atoms with Gasteiger partial charge in [-0.15, -0.1) is 0 Å². The molecule has 2 saturated heterocycles. The molecule has 0 bridgehead atoms. The van der Waals surface area contributed by atoms with Crippen molar-refractivity contribution in [2.45, 2.75) is 12.8 Å². The van der Waals surface area contributed by atoms with Gasteiger partial charge in [-0.1, -0.05) is 0 Å². The molecule has 0 aliphatic carbocycles. The van der Waals surface area contributed by atoms with Crippen LogP contribution in [0.3, 0.4) is 0 Å². The number of carbonyl (C=O) groups is 2. The standard InChI is InChI=1S/C20H25N7O2/c21-18-17(13-28)19(23-14-22-18)26-9-11-27(12-10-26)20(29)24-15-3-5-16(6-4-15)25-7-1-2-8-25/h3-6,13-14H,1-2,7-12H2,(H,24,29)(H2,21,22,23). The SMILES string of the molecule is Nc1ncnc(N2CCN(C(=O)Nc3ccc(N4CCCC4)cc3)CC2)c1C=O. The maximum atomic E-state index is 12.6. The fourth-order valence-corrected chi connectivity index (χ4v) is 3.82. The number of piperazine rings is 1. The molecule has 1 aromatic heterocycles. The molecular formula is C20H25N7O2. The Kier molecular flexibility index (Phi) is 5.46. The lowest BCUT2D eigenvalue weighted by Gasteiger charge is -2.35. The minimum Gasteiger partial charge on any atom is -0.383 e. The highest BCUT2D eigenvalue weighted by atomic mass is 16.2. The lowest BCUT2D eigenvalue weighted by atomic mass is 10.2. The van der Waals surface area contributed by atoms with Crippen LogP contribution in [-0.2, 0) is 0 Å². The molecule has 29 heavy (non-hydrogen) atoms. The van der Waals surface area contributed by atoms with Crippen LogP contribution in [0.1, 0.15) is 23.2 Å². The number of rotatable bonds is 4. The molecule has 3 heterocycles. The van der Waals surface area contributed by atoms with Gasteiger partial charge in [-0.2, -0.15) is 0 Å². The van der Waals surface area contributed by atoms with Gasteiger partial charge in [-0.05, 0) is 37.1 Å². The predicted molar refractivity (Wildman–Crippen MR) is 113 cm³/mol. The van der Waals surface area contributed by atoms with Crippen LogP contribution in [0.2, 0.25) is 0 Å². The number of nitrogens with zero attached hydrogens (tertiary/aromatic N) is 5. The first-order valence-electron chi connectivity index (χ1n) is 9.87. The van der Waals surface area contributed by atoms with Crippen molar-refractivity contribution in [1.29, 1.82) is 0 Å². The van der Waals surface area contributed by atoms with Crippen LogP contribution < -0.4 is 20.9 Å². The molecule has 2 fully saturated rings. The topological polar surface area (TPSA) is 108 Å². The van der Waals surface area contributed by atoms with E-state index in [1.54, 1.807) is 4.90 Å². The molecule has 0 spiro atoms. The van der Waals surface area contributed by atoms with Gasteiger partial charge in [0.2, 0.25) is 0 Å². The number of amides is 2. The minimum absolute atomic E-state index is 0.128. The van der Waals surface area contributed by atoms with Crippen LogP contribution in [0.5, 0.6) is 0 Å². The van der Waals surface area contributed by atoms with E-state index < -0.39 is 0 Å². The molecule has 0 radical (unpaired) electrons. The van der Waals surface area contributed by atoms with Crippen LogP contribution in [0.4, 0.5) is 27.8 Å². The number of urea groups is 1. The summed E-state index contributed by atoms with van der Waals surface area (Å²) in [6.07, 6.45) is 4.50. The summed E-state index contributed by atoms with van der Waals surface area (Å²) in [5.74, 6) is 0.688. The first kappa shape index (κ1) is 19.0. The Labute approximate surface area is 169 Å². The van der Waals surface area contributed by atoms with Crippen molar-refractivity contribution in [3.8, 4) is 0 Å². The smallest absolute Gasteiger partial charge is 0.321 e. The minimum atomic E-state index is -0.128. The second-order valence-corrected chi connectivity index (χ2v) is 7.26. The number of nitrogens with two attached hydrogens (primary N) is 1. The van der Waals surface area contributed by atoms with Crippen molar-refractivity contribution in [2.24, 2.45) is 0 Å². The Morgan fingerprint density at radius 2 is 1.66 bits per heavy atom. The largest absolute Gasteiger partial charge is 0.383 e. The number of carbonyl (C=O) groups excluding carboxylic acids is 2. The molecule has 3 N–H and O–H groups in total. The van der Waals surface area contributed by atoms with Gasteiger partial charge in [0.25, 0.3) is 0 Å². The van der Waals surface area contributed by atoms with Crippen molar-refractivity contribution in [3.05, 3.63) is 36.2 Å². The quantitative estimate of drug-likeness (QED) is 0.760. The number of hydrogen-bond donors (Lipinski definition) is 2. The van der Waals surface area contributed by atoms with E-state index in [4.69, 9.17) is 5.73 Å². The number of anilines is 4. The summed E-state index contributed by atoms with van der Waals surface area (Å²) in [6.45, 7) is 4.39. The lowest BCUT2D eigenvalue weighted by molar-refractivity contribution is 0.112. The zero-order valence-corrected chi connectivity index (χ0v) is 16.3. The first-order chi connectivity index (χ1) is 14.2. The second-order valence-electron chi connectivity index (χ2n) is 7.26. The fourth-order valence-electron chi connectivity index (χ4n) is 3.82. The summed E-state index contributed by atoms with van der Waals surface area (Å²) < 4.78 is 0. The first-order valence-corrected chi connectivity index (χ1v) is 9.87. The zero-order valence-electron chi connectivity index (χ0n) is 16.3. The van der Waals surface area contributed by atoms with E-state index in [9.17, 15) is 9.59 Å². The third kappa shape index (κ3) is 4.08. The molecule has 2 aliphatic rings. The maximum Gasteiger partial charge on any atom is 0.321 e. The molecule has 2 aliphatic heterocycles. The van der Waals surface area contributed by atoms with Gasteiger partial charge in [0, 0.05) is 50.6 Å². The molecule has 2 aromatic rings. The molecule has 4 rings (SSSR count). The summed E-state index contributed by atoms with van der Waals surface area (Å²) in [7, 11) is 0. The molecule has 0 unspecified atom stereocenters. The Morgan fingerprint density at radius 3 is 2.31 bits per heavy atom. The van der Waals surface area contributed by atoms with E-state index in [1.165, 1.54) is 24.9 Å². The maximum absolute atomic E-state index is 12.6. The second kappa shape index (κ2) is 8.34. The zero-order chi connectivity index (χ0) is 20.2. The fraction of sp³-hybridized carbons (Fsp3) is 0.400. The van der Waals surface area contributed by atoms with Crippen molar-refractivity contribution < 1.29 is 9.59 Å². The van der Waals surface area contributed by atoms with E-state index in [0.717, 1.165) is 18.8 Å². The number of aromatic nitrogens is 2. The van der Waals surface area contributed by atoms with Gasteiger partial charge in [0.05, 0.1) is 5.56 Å². The van der Waals surface area contributed by atoms with E-state index in [2.05, 4.69) is 32.3 Å². The molecule has 9 nitrogen and oxygen atoms in total. The van der Waals surface area contributed by atoms with Crippen LogP contribution in [-0.4, -0.2) is 66.5 Å². The number of nitrogen functional groups attached to an aromatic ring is 1. The number of hydrogen-bond acceptors (Lipinski definition) is 7.